The van der Waals surface area contributed by atoms with E-state index in [0.717, 1.165) is 26.8 Å². The molecular weight excluding hydrogens is 342 g/mol. The van der Waals surface area contributed by atoms with E-state index < -0.39 is 16.1 Å². The molecule has 24 heavy (non-hydrogen) atoms. The number of aryl methyl sites for hydroxylation is 1. The SMILES string of the molecule is Cc1cccc(CS(=O)(=O)NCC(O)c2csc3ccccc23)c1. The lowest BCUT2D eigenvalue weighted by Crippen LogP contribution is -2.29. The van der Waals surface area contributed by atoms with Crippen LogP contribution in [0.1, 0.15) is 22.8 Å². The molecular formula is C18H19NO3S2. The van der Waals surface area contributed by atoms with Crippen molar-refractivity contribution in [3.8, 4) is 0 Å². The highest BCUT2D eigenvalue weighted by molar-refractivity contribution is 7.88. The fourth-order valence-electron chi connectivity index (χ4n) is 2.64. The Labute approximate surface area is 145 Å². The number of rotatable bonds is 6. The predicted octanol–water partition coefficient (Wildman–Crippen LogP) is 3.36. The van der Waals surface area contributed by atoms with Gasteiger partial charge >= 0.3 is 0 Å². The number of benzene rings is 2. The first-order valence-corrected chi connectivity index (χ1v) is 10.1. The van der Waals surface area contributed by atoms with Gasteiger partial charge in [-0.2, -0.15) is 0 Å². The number of hydrogen-bond acceptors (Lipinski definition) is 4. The molecule has 1 unspecified atom stereocenters. The number of aliphatic hydroxyl groups excluding tert-OH is 1. The van der Waals surface area contributed by atoms with Gasteiger partial charge in [0, 0.05) is 16.8 Å². The Morgan fingerprint density at radius 1 is 1.17 bits per heavy atom. The summed E-state index contributed by atoms with van der Waals surface area (Å²) in [6, 6.07) is 15.2. The fourth-order valence-corrected chi connectivity index (χ4v) is 4.78. The Bertz CT molecular complexity index is 948. The Morgan fingerprint density at radius 2 is 1.96 bits per heavy atom. The van der Waals surface area contributed by atoms with Gasteiger partial charge in [-0.15, -0.1) is 11.3 Å². The lowest BCUT2D eigenvalue weighted by Gasteiger charge is -2.12. The van der Waals surface area contributed by atoms with E-state index in [4.69, 9.17) is 0 Å². The van der Waals surface area contributed by atoms with Crippen LogP contribution in [0.5, 0.6) is 0 Å². The quantitative estimate of drug-likeness (QED) is 0.707. The van der Waals surface area contributed by atoms with Crippen molar-refractivity contribution in [2.45, 2.75) is 18.8 Å². The average molecular weight is 361 g/mol. The molecule has 0 aliphatic carbocycles. The van der Waals surface area contributed by atoms with Gasteiger partial charge < -0.3 is 5.11 Å². The summed E-state index contributed by atoms with van der Waals surface area (Å²) in [5, 5.41) is 13.2. The maximum atomic E-state index is 12.2. The zero-order valence-electron chi connectivity index (χ0n) is 13.3. The number of sulfonamides is 1. The lowest BCUT2D eigenvalue weighted by atomic mass is 10.1. The normalized spacial score (nSPS) is 13.2. The molecule has 126 valence electrons. The second-order valence-corrected chi connectivity index (χ2v) is 8.52. The maximum Gasteiger partial charge on any atom is 0.215 e. The minimum Gasteiger partial charge on any atom is -0.387 e. The Hall–Kier alpha value is -1.73. The molecule has 0 aliphatic rings. The van der Waals surface area contributed by atoms with Crippen LogP contribution in [0, 0.1) is 6.92 Å². The van der Waals surface area contributed by atoms with Crippen LogP contribution >= 0.6 is 11.3 Å². The van der Waals surface area contributed by atoms with Crippen molar-refractivity contribution < 1.29 is 13.5 Å². The highest BCUT2D eigenvalue weighted by atomic mass is 32.2. The second kappa shape index (κ2) is 7.03. The van der Waals surface area contributed by atoms with Crippen molar-refractivity contribution in [2.24, 2.45) is 0 Å². The fraction of sp³-hybridized carbons (Fsp3) is 0.222. The van der Waals surface area contributed by atoms with Crippen molar-refractivity contribution in [3.05, 3.63) is 70.6 Å². The van der Waals surface area contributed by atoms with Crippen LogP contribution in [0.3, 0.4) is 0 Å². The zero-order valence-corrected chi connectivity index (χ0v) is 14.9. The third-order valence-electron chi connectivity index (χ3n) is 3.81. The minimum atomic E-state index is -3.50. The van der Waals surface area contributed by atoms with Crippen LogP contribution in [0.15, 0.2) is 53.9 Å². The molecule has 0 aliphatic heterocycles. The monoisotopic (exact) mass is 361 g/mol. The summed E-state index contributed by atoms with van der Waals surface area (Å²) in [6.45, 7) is 1.89. The molecule has 3 aromatic rings. The summed E-state index contributed by atoms with van der Waals surface area (Å²) in [7, 11) is -3.50. The van der Waals surface area contributed by atoms with Crippen molar-refractivity contribution in [2.75, 3.05) is 6.54 Å². The number of hydrogen-bond donors (Lipinski definition) is 2. The highest BCUT2D eigenvalue weighted by Crippen LogP contribution is 2.30. The first kappa shape index (κ1) is 17.1. The van der Waals surface area contributed by atoms with Gasteiger partial charge in [-0.3, -0.25) is 0 Å². The molecule has 4 nitrogen and oxygen atoms in total. The van der Waals surface area contributed by atoms with E-state index in [1.54, 1.807) is 17.4 Å². The average Bonchev–Trinajstić information content (AvgIpc) is 2.96. The van der Waals surface area contributed by atoms with Crippen molar-refractivity contribution >= 4 is 31.4 Å². The van der Waals surface area contributed by atoms with Crippen molar-refractivity contribution in [1.82, 2.24) is 4.72 Å². The topological polar surface area (TPSA) is 66.4 Å². The molecule has 2 aromatic carbocycles. The number of fused-ring (bicyclic) bond motifs is 1. The molecule has 1 atom stereocenters. The molecule has 0 saturated heterocycles. The number of nitrogens with one attached hydrogen (secondary N) is 1. The van der Waals surface area contributed by atoms with Gasteiger partial charge in [0.15, 0.2) is 0 Å². The molecule has 0 fully saturated rings. The van der Waals surface area contributed by atoms with Crippen LogP contribution in [-0.4, -0.2) is 20.1 Å². The van der Waals surface area contributed by atoms with Crippen LogP contribution in [0.2, 0.25) is 0 Å². The molecule has 0 spiro atoms. The summed E-state index contributed by atoms with van der Waals surface area (Å²) in [4.78, 5) is 0. The zero-order chi connectivity index (χ0) is 17.2. The van der Waals surface area contributed by atoms with Crippen molar-refractivity contribution in [1.29, 1.82) is 0 Å². The third-order valence-corrected chi connectivity index (χ3v) is 6.11. The molecule has 3 rings (SSSR count). The molecule has 0 radical (unpaired) electrons. The third kappa shape index (κ3) is 4.02. The Kier molecular flexibility index (Phi) is 5.01. The van der Waals surface area contributed by atoms with Gasteiger partial charge in [0.25, 0.3) is 0 Å². The van der Waals surface area contributed by atoms with Crippen LogP contribution in [0.4, 0.5) is 0 Å². The molecule has 0 amide bonds. The summed E-state index contributed by atoms with van der Waals surface area (Å²) in [5.74, 6) is -0.0915. The molecule has 0 saturated carbocycles. The largest absolute Gasteiger partial charge is 0.387 e. The highest BCUT2D eigenvalue weighted by Gasteiger charge is 2.17. The maximum absolute atomic E-state index is 12.2. The lowest BCUT2D eigenvalue weighted by molar-refractivity contribution is 0.184. The van der Waals surface area contributed by atoms with E-state index in [2.05, 4.69) is 4.72 Å². The standard InChI is InChI=1S/C18H19NO3S2/c1-13-5-4-6-14(9-13)12-24(21,22)19-10-17(20)16-11-23-18-8-3-2-7-15(16)18/h2-9,11,17,19-20H,10,12H2,1H3. The molecule has 6 heteroatoms. The van der Waals surface area contributed by atoms with Gasteiger partial charge in [-0.25, -0.2) is 13.1 Å². The Morgan fingerprint density at radius 3 is 2.75 bits per heavy atom. The summed E-state index contributed by atoms with van der Waals surface area (Å²) in [5.41, 5.74) is 2.51. The molecule has 1 aromatic heterocycles. The smallest absolute Gasteiger partial charge is 0.215 e. The summed E-state index contributed by atoms with van der Waals surface area (Å²) < 4.78 is 28.0. The van der Waals surface area contributed by atoms with E-state index in [-0.39, 0.29) is 12.3 Å². The minimum absolute atomic E-state index is 0.0329. The van der Waals surface area contributed by atoms with Crippen LogP contribution < -0.4 is 4.72 Å². The van der Waals surface area contributed by atoms with Crippen molar-refractivity contribution in [3.63, 3.8) is 0 Å². The second-order valence-electron chi connectivity index (χ2n) is 5.80. The van der Waals surface area contributed by atoms with E-state index in [0.29, 0.717) is 0 Å². The number of aliphatic hydroxyl groups is 1. The van der Waals surface area contributed by atoms with Gasteiger partial charge in [-0.05, 0) is 29.3 Å². The van der Waals surface area contributed by atoms with Gasteiger partial charge in [0.1, 0.15) is 0 Å². The van der Waals surface area contributed by atoms with Gasteiger partial charge in [0.2, 0.25) is 10.0 Å². The van der Waals surface area contributed by atoms with E-state index >= 15 is 0 Å². The molecule has 2 N–H and O–H groups in total. The molecule has 1 heterocycles. The number of thiophene rings is 1. The van der Waals surface area contributed by atoms with Gasteiger partial charge in [0.05, 0.1) is 11.9 Å². The van der Waals surface area contributed by atoms with E-state index in [1.807, 2.05) is 54.8 Å². The van der Waals surface area contributed by atoms with E-state index in [9.17, 15) is 13.5 Å². The van der Waals surface area contributed by atoms with Gasteiger partial charge in [-0.1, -0.05) is 48.0 Å². The molecule has 0 bridgehead atoms. The first-order chi connectivity index (χ1) is 11.4. The Balaban J connectivity index is 1.68. The van der Waals surface area contributed by atoms with Crippen LogP contribution in [0.25, 0.3) is 10.1 Å². The van der Waals surface area contributed by atoms with E-state index in [1.165, 1.54) is 0 Å². The van der Waals surface area contributed by atoms with Crippen LogP contribution in [-0.2, 0) is 15.8 Å². The summed E-state index contributed by atoms with van der Waals surface area (Å²) >= 11 is 1.54. The predicted molar refractivity (Wildman–Crippen MR) is 98.6 cm³/mol. The first-order valence-electron chi connectivity index (χ1n) is 7.62. The summed E-state index contributed by atoms with van der Waals surface area (Å²) in [6.07, 6.45) is -0.867.